The van der Waals surface area contributed by atoms with Crippen molar-refractivity contribution < 1.29 is 14.3 Å². The molecule has 0 bridgehead atoms. The lowest BCUT2D eigenvalue weighted by Gasteiger charge is -2.20. The third kappa shape index (κ3) is 4.71. The Morgan fingerprint density at radius 2 is 1.93 bits per heavy atom. The first-order chi connectivity index (χ1) is 13.6. The third-order valence-corrected chi connectivity index (χ3v) is 4.67. The Morgan fingerprint density at radius 3 is 2.71 bits per heavy atom. The molecule has 6 nitrogen and oxygen atoms in total. The quantitative estimate of drug-likeness (QED) is 0.651. The van der Waals surface area contributed by atoms with E-state index in [0.29, 0.717) is 30.9 Å². The van der Waals surface area contributed by atoms with Crippen molar-refractivity contribution in [3.63, 3.8) is 0 Å². The Kier molecular flexibility index (Phi) is 6.32. The largest absolute Gasteiger partial charge is 0.497 e. The summed E-state index contributed by atoms with van der Waals surface area (Å²) in [5.74, 6) is 0.399. The summed E-state index contributed by atoms with van der Waals surface area (Å²) < 4.78 is 7.22. The molecule has 0 unspecified atom stereocenters. The SMILES string of the molecule is CCN(CC(=O)Nc1cccc(OC)c1)C(=O)CCn1ccc2ccccc21. The second kappa shape index (κ2) is 9.08. The van der Waals surface area contributed by atoms with Gasteiger partial charge in [0.15, 0.2) is 0 Å². The molecule has 1 heterocycles. The Labute approximate surface area is 164 Å². The Balaban J connectivity index is 1.56. The molecule has 0 spiro atoms. The van der Waals surface area contributed by atoms with Crippen LogP contribution < -0.4 is 10.1 Å². The molecule has 0 aliphatic carbocycles. The predicted molar refractivity (Wildman–Crippen MR) is 110 cm³/mol. The van der Waals surface area contributed by atoms with Crippen LogP contribution in [0.25, 0.3) is 10.9 Å². The van der Waals surface area contributed by atoms with E-state index in [0.717, 1.165) is 10.9 Å². The van der Waals surface area contributed by atoms with E-state index in [2.05, 4.69) is 16.0 Å². The van der Waals surface area contributed by atoms with Crippen molar-refractivity contribution in [1.82, 2.24) is 9.47 Å². The van der Waals surface area contributed by atoms with Crippen LogP contribution in [0.5, 0.6) is 5.75 Å². The van der Waals surface area contributed by atoms with Gasteiger partial charge in [-0.25, -0.2) is 0 Å². The fourth-order valence-corrected chi connectivity index (χ4v) is 3.16. The lowest BCUT2D eigenvalue weighted by molar-refractivity contribution is -0.134. The lowest BCUT2D eigenvalue weighted by Crippen LogP contribution is -2.38. The zero-order chi connectivity index (χ0) is 19.9. The molecule has 6 heteroatoms. The molecule has 2 aromatic carbocycles. The van der Waals surface area contributed by atoms with E-state index in [1.807, 2.05) is 43.5 Å². The normalized spacial score (nSPS) is 10.6. The van der Waals surface area contributed by atoms with Crippen LogP contribution in [0.1, 0.15) is 13.3 Å². The number of aromatic nitrogens is 1. The number of carbonyl (C=O) groups is 2. The number of methoxy groups -OCH3 is 1. The number of ether oxygens (including phenoxy) is 1. The molecule has 0 fully saturated rings. The van der Waals surface area contributed by atoms with Crippen LogP contribution in [-0.4, -0.2) is 41.5 Å². The van der Waals surface area contributed by atoms with Crippen LogP contribution in [0.3, 0.4) is 0 Å². The minimum absolute atomic E-state index is 0.0268. The van der Waals surface area contributed by atoms with Crippen LogP contribution in [0.15, 0.2) is 60.8 Å². The van der Waals surface area contributed by atoms with Gasteiger partial charge in [0, 0.05) is 43.0 Å². The summed E-state index contributed by atoms with van der Waals surface area (Å²) in [6.45, 7) is 2.97. The monoisotopic (exact) mass is 379 g/mol. The van der Waals surface area contributed by atoms with Gasteiger partial charge in [-0.05, 0) is 36.6 Å². The van der Waals surface area contributed by atoms with Crippen molar-refractivity contribution in [3.8, 4) is 5.75 Å². The van der Waals surface area contributed by atoms with Gasteiger partial charge in [0.1, 0.15) is 5.75 Å². The minimum Gasteiger partial charge on any atom is -0.497 e. The maximum absolute atomic E-state index is 12.6. The number of amides is 2. The first-order valence-electron chi connectivity index (χ1n) is 9.36. The Morgan fingerprint density at radius 1 is 1.11 bits per heavy atom. The van der Waals surface area contributed by atoms with Gasteiger partial charge >= 0.3 is 0 Å². The molecule has 1 N–H and O–H groups in total. The number of likely N-dealkylation sites (N-methyl/N-ethyl adjacent to an activating group) is 1. The van der Waals surface area contributed by atoms with E-state index in [-0.39, 0.29) is 18.4 Å². The number of nitrogens with one attached hydrogen (secondary N) is 1. The number of carbonyl (C=O) groups excluding carboxylic acids is 2. The highest BCUT2D eigenvalue weighted by molar-refractivity contribution is 5.94. The van der Waals surface area contributed by atoms with Crippen molar-refractivity contribution in [1.29, 1.82) is 0 Å². The first-order valence-corrected chi connectivity index (χ1v) is 9.36. The van der Waals surface area contributed by atoms with Gasteiger partial charge in [-0.2, -0.15) is 0 Å². The second-order valence-electron chi connectivity index (χ2n) is 6.51. The van der Waals surface area contributed by atoms with E-state index in [4.69, 9.17) is 4.74 Å². The van der Waals surface area contributed by atoms with Crippen molar-refractivity contribution in [3.05, 3.63) is 60.8 Å². The van der Waals surface area contributed by atoms with Crippen molar-refractivity contribution in [2.24, 2.45) is 0 Å². The summed E-state index contributed by atoms with van der Waals surface area (Å²) >= 11 is 0. The number of rotatable bonds is 8. The maximum Gasteiger partial charge on any atom is 0.243 e. The number of fused-ring (bicyclic) bond motifs is 1. The summed E-state index contributed by atoms with van der Waals surface area (Å²) in [5.41, 5.74) is 1.75. The molecular weight excluding hydrogens is 354 g/mol. The highest BCUT2D eigenvalue weighted by Gasteiger charge is 2.16. The summed E-state index contributed by atoms with van der Waals surface area (Å²) in [4.78, 5) is 26.5. The highest BCUT2D eigenvalue weighted by atomic mass is 16.5. The van der Waals surface area contributed by atoms with Gasteiger partial charge in [0.25, 0.3) is 0 Å². The molecule has 2 amide bonds. The topological polar surface area (TPSA) is 63.6 Å². The van der Waals surface area contributed by atoms with E-state index < -0.39 is 0 Å². The standard InChI is InChI=1S/C22H25N3O3/c1-3-24(16-21(26)23-18-8-6-9-19(15-18)28-2)22(27)12-14-25-13-11-17-7-4-5-10-20(17)25/h4-11,13,15H,3,12,14,16H2,1-2H3,(H,23,26). The average molecular weight is 379 g/mol. The average Bonchev–Trinajstić information content (AvgIpc) is 3.13. The number of benzene rings is 2. The number of hydrogen-bond acceptors (Lipinski definition) is 3. The first kappa shape index (κ1) is 19.5. The number of aryl methyl sites for hydroxylation is 1. The molecule has 3 rings (SSSR count). The van der Waals surface area contributed by atoms with Gasteiger partial charge in [0.05, 0.1) is 13.7 Å². The summed E-state index contributed by atoms with van der Waals surface area (Å²) in [6.07, 6.45) is 2.34. The summed E-state index contributed by atoms with van der Waals surface area (Å²) in [6, 6.07) is 17.3. The molecule has 1 aromatic heterocycles. The minimum atomic E-state index is -0.227. The molecule has 0 aliphatic rings. The van der Waals surface area contributed by atoms with Crippen molar-refractivity contribution in [2.45, 2.75) is 19.9 Å². The van der Waals surface area contributed by atoms with E-state index in [9.17, 15) is 9.59 Å². The van der Waals surface area contributed by atoms with Gasteiger partial charge in [-0.3, -0.25) is 9.59 Å². The van der Waals surface area contributed by atoms with E-state index in [1.54, 1.807) is 30.2 Å². The third-order valence-electron chi connectivity index (χ3n) is 4.67. The molecule has 0 radical (unpaired) electrons. The van der Waals surface area contributed by atoms with Gasteiger partial charge in [0.2, 0.25) is 11.8 Å². The van der Waals surface area contributed by atoms with Gasteiger partial charge in [-0.15, -0.1) is 0 Å². The number of nitrogens with zero attached hydrogens (tertiary/aromatic N) is 2. The van der Waals surface area contributed by atoms with Crippen LogP contribution in [0.4, 0.5) is 5.69 Å². The van der Waals surface area contributed by atoms with Crippen LogP contribution >= 0.6 is 0 Å². The highest BCUT2D eigenvalue weighted by Crippen LogP contribution is 2.17. The van der Waals surface area contributed by atoms with Crippen LogP contribution in [0, 0.1) is 0 Å². The van der Waals surface area contributed by atoms with E-state index in [1.165, 1.54) is 0 Å². The molecule has 28 heavy (non-hydrogen) atoms. The van der Waals surface area contributed by atoms with Crippen LogP contribution in [-0.2, 0) is 16.1 Å². The molecule has 0 saturated heterocycles. The second-order valence-corrected chi connectivity index (χ2v) is 6.51. The number of anilines is 1. The van der Waals surface area contributed by atoms with Gasteiger partial charge < -0.3 is 19.5 Å². The van der Waals surface area contributed by atoms with Crippen molar-refractivity contribution >= 4 is 28.4 Å². The zero-order valence-electron chi connectivity index (χ0n) is 16.2. The fraction of sp³-hybridized carbons (Fsp3) is 0.273. The fourth-order valence-electron chi connectivity index (χ4n) is 3.16. The number of hydrogen-bond donors (Lipinski definition) is 1. The molecule has 0 saturated carbocycles. The Hall–Kier alpha value is -3.28. The molecular formula is C22H25N3O3. The lowest BCUT2D eigenvalue weighted by atomic mass is 10.2. The van der Waals surface area contributed by atoms with E-state index >= 15 is 0 Å². The molecule has 0 aliphatic heterocycles. The maximum atomic E-state index is 12.6. The molecule has 0 atom stereocenters. The summed E-state index contributed by atoms with van der Waals surface area (Å²) in [5, 5.41) is 3.96. The number of para-hydroxylation sites is 1. The summed E-state index contributed by atoms with van der Waals surface area (Å²) in [7, 11) is 1.58. The smallest absolute Gasteiger partial charge is 0.243 e. The van der Waals surface area contributed by atoms with Gasteiger partial charge in [-0.1, -0.05) is 24.3 Å². The zero-order valence-corrected chi connectivity index (χ0v) is 16.2. The van der Waals surface area contributed by atoms with Crippen molar-refractivity contribution in [2.75, 3.05) is 25.5 Å². The Bertz CT molecular complexity index is 964. The molecule has 3 aromatic rings. The van der Waals surface area contributed by atoms with Crippen LogP contribution in [0.2, 0.25) is 0 Å². The molecule has 146 valence electrons. The predicted octanol–water partition coefficient (Wildman–Crippen LogP) is 3.53.